The Labute approximate surface area is 138 Å². The second kappa shape index (κ2) is 9.28. The molecule has 0 spiro atoms. The zero-order chi connectivity index (χ0) is 16.5. The molecule has 2 amide bonds. The van der Waals surface area contributed by atoms with Gasteiger partial charge in [-0.1, -0.05) is 25.7 Å². The molecule has 1 aliphatic carbocycles. The Balaban J connectivity index is 1.78. The molecule has 1 N–H and O–H groups in total. The molecule has 0 radical (unpaired) electrons. The first-order valence-corrected chi connectivity index (χ1v) is 8.59. The lowest BCUT2D eigenvalue weighted by atomic mass is 10.1. The second-order valence-electron chi connectivity index (χ2n) is 6.24. The number of hydrogen-bond acceptors (Lipinski definition) is 3. The third-order valence-corrected chi connectivity index (χ3v) is 4.49. The van der Waals surface area contributed by atoms with Gasteiger partial charge in [-0.25, -0.2) is 0 Å². The van der Waals surface area contributed by atoms with Gasteiger partial charge in [0.25, 0.3) is 0 Å². The van der Waals surface area contributed by atoms with Crippen LogP contribution in [-0.4, -0.2) is 34.3 Å². The van der Waals surface area contributed by atoms with E-state index in [-0.39, 0.29) is 11.8 Å². The molecule has 0 aliphatic heterocycles. The predicted octanol–water partition coefficient (Wildman–Crippen LogP) is 2.66. The Kier molecular flexibility index (Phi) is 7.04. The number of rotatable bonds is 6. The van der Waals surface area contributed by atoms with Crippen LogP contribution in [0.15, 0.2) is 24.5 Å². The van der Waals surface area contributed by atoms with Crippen LogP contribution >= 0.6 is 0 Å². The number of carbonyl (C=O) groups is 2. The average Bonchev–Trinajstić information content (AvgIpc) is 2.83. The van der Waals surface area contributed by atoms with Crippen molar-refractivity contribution in [1.29, 1.82) is 0 Å². The van der Waals surface area contributed by atoms with Crippen LogP contribution < -0.4 is 5.32 Å². The number of hydrogen-bond donors (Lipinski definition) is 1. The van der Waals surface area contributed by atoms with Crippen molar-refractivity contribution in [3.63, 3.8) is 0 Å². The summed E-state index contributed by atoms with van der Waals surface area (Å²) in [5, 5.41) is 2.90. The van der Waals surface area contributed by atoms with Crippen LogP contribution in [0.25, 0.3) is 0 Å². The minimum atomic E-state index is -0.0123. The van der Waals surface area contributed by atoms with E-state index >= 15 is 0 Å². The first kappa shape index (κ1) is 17.4. The zero-order valence-electron chi connectivity index (χ0n) is 14.0. The molecule has 1 fully saturated rings. The molecule has 1 aromatic rings. The molecule has 1 aliphatic rings. The number of nitrogens with one attached hydrogen (secondary N) is 1. The summed E-state index contributed by atoms with van der Waals surface area (Å²) >= 11 is 0. The van der Waals surface area contributed by atoms with E-state index in [1.807, 2.05) is 17.0 Å². The molecule has 0 atom stereocenters. The number of amides is 2. The molecule has 5 heteroatoms. The summed E-state index contributed by atoms with van der Waals surface area (Å²) in [6.07, 6.45) is 10.8. The van der Waals surface area contributed by atoms with E-state index in [2.05, 4.69) is 10.3 Å². The molecular formula is C18H27N3O2. The van der Waals surface area contributed by atoms with E-state index in [1.165, 1.54) is 25.7 Å². The SMILES string of the molecule is CC(=O)N(CCC(=O)NCc1ccncc1)C1CCCCCC1. The van der Waals surface area contributed by atoms with Crippen molar-refractivity contribution in [2.24, 2.45) is 0 Å². The van der Waals surface area contributed by atoms with Gasteiger partial charge in [0, 0.05) is 44.9 Å². The third kappa shape index (κ3) is 6.00. The fraction of sp³-hybridized carbons (Fsp3) is 0.611. The van der Waals surface area contributed by atoms with Gasteiger partial charge in [-0.05, 0) is 30.5 Å². The van der Waals surface area contributed by atoms with Crippen molar-refractivity contribution in [3.8, 4) is 0 Å². The highest BCUT2D eigenvalue weighted by molar-refractivity contribution is 5.78. The van der Waals surface area contributed by atoms with Crippen LogP contribution in [0.5, 0.6) is 0 Å². The van der Waals surface area contributed by atoms with Gasteiger partial charge in [-0.3, -0.25) is 14.6 Å². The van der Waals surface area contributed by atoms with E-state index in [0.29, 0.717) is 25.6 Å². The van der Waals surface area contributed by atoms with Crippen molar-refractivity contribution < 1.29 is 9.59 Å². The first-order chi connectivity index (χ1) is 11.2. The molecule has 0 aromatic carbocycles. The molecule has 1 saturated carbocycles. The third-order valence-electron chi connectivity index (χ3n) is 4.49. The van der Waals surface area contributed by atoms with Crippen LogP contribution in [0.3, 0.4) is 0 Å². The molecule has 0 saturated heterocycles. The minimum Gasteiger partial charge on any atom is -0.352 e. The monoisotopic (exact) mass is 317 g/mol. The maximum atomic E-state index is 12.0. The normalized spacial score (nSPS) is 15.7. The molecule has 2 rings (SSSR count). The zero-order valence-corrected chi connectivity index (χ0v) is 14.0. The maximum absolute atomic E-state index is 12.0. The Morgan fingerprint density at radius 2 is 1.83 bits per heavy atom. The summed E-state index contributed by atoms with van der Waals surface area (Å²) < 4.78 is 0. The van der Waals surface area contributed by atoms with E-state index in [0.717, 1.165) is 18.4 Å². The quantitative estimate of drug-likeness (QED) is 0.821. The highest BCUT2D eigenvalue weighted by atomic mass is 16.2. The predicted molar refractivity (Wildman–Crippen MR) is 89.6 cm³/mol. The number of aromatic nitrogens is 1. The minimum absolute atomic E-state index is 0.0123. The van der Waals surface area contributed by atoms with Gasteiger partial charge in [-0.2, -0.15) is 0 Å². The fourth-order valence-electron chi connectivity index (χ4n) is 3.18. The summed E-state index contributed by atoms with van der Waals surface area (Å²) in [4.78, 5) is 29.8. The van der Waals surface area contributed by atoms with Gasteiger partial charge < -0.3 is 10.2 Å². The molecule has 1 aromatic heterocycles. The lowest BCUT2D eigenvalue weighted by Crippen LogP contribution is -2.41. The molecule has 23 heavy (non-hydrogen) atoms. The van der Waals surface area contributed by atoms with Crippen molar-refractivity contribution in [2.45, 2.75) is 64.5 Å². The lowest BCUT2D eigenvalue weighted by Gasteiger charge is -2.30. The highest BCUT2D eigenvalue weighted by Crippen LogP contribution is 2.22. The van der Waals surface area contributed by atoms with E-state index in [1.54, 1.807) is 19.3 Å². The van der Waals surface area contributed by atoms with Crippen LogP contribution in [-0.2, 0) is 16.1 Å². The number of pyridine rings is 1. The maximum Gasteiger partial charge on any atom is 0.222 e. The van der Waals surface area contributed by atoms with Crippen LogP contribution in [0.4, 0.5) is 0 Å². The Morgan fingerprint density at radius 1 is 1.17 bits per heavy atom. The molecule has 0 unspecified atom stereocenters. The Bertz CT molecular complexity index is 496. The van der Waals surface area contributed by atoms with E-state index in [4.69, 9.17) is 0 Å². The topological polar surface area (TPSA) is 62.3 Å². The van der Waals surface area contributed by atoms with Crippen LogP contribution in [0.1, 0.15) is 57.4 Å². The summed E-state index contributed by atoms with van der Waals surface area (Å²) in [7, 11) is 0. The van der Waals surface area contributed by atoms with Crippen molar-refractivity contribution >= 4 is 11.8 Å². The Hall–Kier alpha value is -1.91. The van der Waals surface area contributed by atoms with Crippen LogP contribution in [0, 0.1) is 0 Å². The van der Waals surface area contributed by atoms with Crippen molar-refractivity contribution in [2.75, 3.05) is 6.54 Å². The van der Waals surface area contributed by atoms with E-state index in [9.17, 15) is 9.59 Å². The van der Waals surface area contributed by atoms with Gasteiger partial charge in [0.15, 0.2) is 0 Å². The smallest absolute Gasteiger partial charge is 0.222 e. The van der Waals surface area contributed by atoms with E-state index < -0.39 is 0 Å². The van der Waals surface area contributed by atoms with Crippen LogP contribution in [0.2, 0.25) is 0 Å². The van der Waals surface area contributed by atoms with Gasteiger partial charge >= 0.3 is 0 Å². The summed E-state index contributed by atoms with van der Waals surface area (Å²) in [6, 6.07) is 4.07. The number of nitrogens with zero attached hydrogens (tertiary/aromatic N) is 2. The van der Waals surface area contributed by atoms with Gasteiger partial charge in [-0.15, -0.1) is 0 Å². The Morgan fingerprint density at radius 3 is 2.43 bits per heavy atom. The molecule has 1 heterocycles. The molecular weight excluding hydrogens is 290 g/mol. The second-order valence-corrected chi connectivity index (χ2v) is 6.24. The molecule has 126 valence electrons. The highest BCUT2D eigenvalue weighted by Gasteiger charge is 2.22. The van der Waals surface area contributed by atoms with Crippen molar-refractivity contribution in [1.82, 2.24) is 15.2 Å². The summed E-state index contributed by atoms with van der Waals surface area (Å²) in [5.41, 5.74) is 1.03. The average molecular weight is 317 g/mol. The largest absolute Gasteiger partial charge is 0.352 e. The standard InChI is InChI=1S/C18H27N3O2/c1-15(22)21(17-6-4-2-3-5-7-17)13-10-18(23)20-14-16-8-11-19-12-9-16/h8-9,11-12,17H,2-7,10,13-14H2,1H3,(H,20,23). The summed E-state index contributed by atoms with van der Waals surface area (Å²) in [6.45, 7) is 2.63. The lowest BCUT2D eigenvalue weighted by molar-refractivity contribution is -0.132. The fourth-order valence-corrected chi connectivity index (χ4v) is 3.18. The van der Waals surface area contributed by atoms with Crippen molar-refractivity contribution in [3.05, 3.63) is 30.1 Å². The van der Waals surface area contributed by atoms with Gasteiger partial charge in [0.2, 0.25) is 11.8 Å². The number of carbonyl (C=O) groups excluding carboxylic acids is 2. The molecule has 5 nitrogen and oxygen atoms in total. The molecule has 0 bridgehead atoms. The van der Waals surface area contributed by atoms with Gasteiger partial charge in [0.1, 0.15) is 0 Å². The summed E-state index contributed by atoms with van der Waals surface area (Å²) in [5.74, 6) is 0.0699. The first-order valence-electron chi connectivity index (χ1n) is 8.59. The van der Waals surface area contributed by atoms with Gasteiger partial charge in [0.05, 0.1) is 0 Å².